The second-order valence-electron chi connectivity index (χ2n) is 4.97. The average molecular weight is 182 g/mol. The highest BCUT2D eigenvalue weighted by atomic mass is 15.2. The topological polar surface area (TPSA) is 29.3 Å². The second-order valence-corrected chi connectivity index (χ2v) is 4.97. The van der Waals surface area contributed by atoms with Gasteiger partial charge in [0.2, 0.25) is 0 Å². The maximum absolute atomic E-state index is 5.68. The molecule has 0 radical (unpaired) electrons. The first-order chi connectivity index (χ1) is 6.29. The van der Waals surface area contributed by atoms with E-state index in [0.29, 0.717) is 0 Å². The lowest BCUT2D eigenvalue weighted by Gasteiger charge is -2.45. The molecule has 76 valence electrons. The molecule has 0 spiro atoms. The molecule has 2 rings (SSSR count). The third kappa shape index (κ3) is 2.05. The Morgan fingerprint density at radius 3 is 2.23 bits per heavy atom. The zero-order valence-corrected chi connectivity index (χ0v) is 8.71. The van der Waals surface area contributed by atoms with E-state index in [1.54, 1.807) is 0 Å². The van der Waals surface area contributed by atoms with Crippen LogP contribution in [-0.4, -0.2) is 30.6 Å². The summed E-state index contributed by atoms with van der Waals surface area (Å²) in [6.07, 6.45) is 5.53. The van der Waals surface area contributed by atoms with Gasteiger partial charge >= 0.3 is 0 Å². The van der Waals surface area contributed by atoms with E-state index in [1.165, 1.54) is 38.8 Å². The first-order valence-corrected chi connectivity index (χ1v) is 5.73. The number of nitrogens with two attached hydrogens (primary N) is 1. The summed E-state index contributed by atoms with van der Waals surface area (Å²) in [5.74, 6) is 1.78. The fourth-order valence-electron chi connectivity index (χ4n) is 2.79. The van der Waals surface area contributed by atoms with Gasteiger partial charge in [0.05, 0.1) is 0 Å². The Morgan fingerprint density at radius 1 is 1.15 bits per heavy atom. The Hall–Kier alpha value is -0.0800. The first kappa shape index (κ1) is 9.47. The summed E-state index contributed by atoms with van der Waals surface area (Å²) < 4.78 is 0. The Morgan fingerprint density at radius 2 is 1.77 bits per heavy atom. The van der Waals surface area contributed by atoms with Gasteiger partial charge in [-0.05, 0) is 44.1 Å². The fraction of sp³-hybridized carbons (Fsp3) is 1.00. The van der Waals surface area contributed by atoms with Crippen molar-refractivity contribution in [3.8, 4) is 0 Å². The van der Waals surface area contributed by atoms with Gasteiger partial charge in [0.15, 0.2) is 0 Å². The molecule has 0 atom stereocenters. The van der Waals surface area contributed by atoms with E-state index in [0.717, 1.165) is 24.4 Å². The van der Waals surface area contributed by atoms with Crippen LogP contribution in [-0.2, 0) is 0 Å². The molecule has 0 aromatic heterocycles. The number of rotatable bonds is 2. The lowest BCUT2D eigenvalue weighted by molar-refractivity contribution is 0.0365. The average Bonchev–Trinajstić information content (AvgIpc) is 2.13. The zero-order chi connectivity index (χ0) is 9.26. The van der Waals surface area contributed by atoms with Crippen LogP contribution in [0.2, 0.25) is 0 Å². The Kier molecular flexibility index (Phi) is 2.89. The highest BCUT2D eigenvalue weighted by Gasteiger charge is 2.31. The Bertz CT molecular complexity index is 155. The van der Waals surface area contributed by atoms with E-state index in [-0.39, 0.29) is 0 Å². The van der Waals surface area contributed by atoms with Crippen molar-refractivity contribution in [1.29, 1.82) is 0 Å². The Labute approximate surface area is 81.5 Å². The van der Waals surface area contributed by atoms with Crippen LogP contribution >= 0.6 is 0 Å². The quantitative estimate of drug-likeness (QED) is 0.700. The maximum atomic E-state index is 5.68. The molecule has 1 saturated heterocycles. The molecule has 2 aliphatic rings. The third-order valence-corrected chi connectivity index (χ3v) is 3.76. The van der Waals surface area contributed by atoms with E-state index in [9.17, 15) is 0 Å². The molecule has 1 aliphatic heterocycles. The van der Waals surface area contributed by atoms with Crippen LogP contribution in [0.1, 0.15) is 32.6 Å². The second kappa shape index (κ2) is 3.97. The van der Waals surface area contributed by atoms with Gasteiger partial charge in [-0.1, -0.05) is 6.92 Å². The summed E-state index contributed by atoms with van der Waals surface area (Å²) in [5.41, 5.74) is 5.68. The van der Waals surface area contributed by atoms with Crippen LogP contribution in [0.5, 0.6) is 0 Å². The molecule has 0 unspecified atom stereocenters. The number of nitrogens with zero attached hydrogens (tertiary/aromatic N) is 1. The minimum atomic E-state index is 0.829. The lowest BCUT2D eigenvalue weighted by atomic mass is 9.83. The van der Waals surface area contributed by atoms with E-state index in [2.05, 4.69) is 11.8 Å². The zero-order valence-electron chi connectivity index (χ0n) is 8.71. The van der Waals surface area contributed by atoms with Crippen molar-refractivity contribution in [1.82, 2.24) is 4.90 Å². The summed E-state index contributed by atoms with van der Waals surface area (Å²) in [6, 6.07) is 0.902. The summed E-state index contributed by atoms with van der Waals surface area (Å²) in [4.78, 5) is 2.66. The summed E-state index contributed by atoms with van der Waals surface area (Å²) in [5, 5.41) is 0. The van der Waals surface area contributed by atoms with E-state index >= 15 is 0 Å². The highest BCUT2D eigenvalue weighted by Crippen LogP contribution is 2.30. The minimum absolute atomic E-state index is 0.829. The summed E-state index contributed by atoms with van der Waals surface area (Å²) in [7, 11) is 0. The molecule has 0 bridgehead atoms. The van der Waals surface area contributed by atoms with Crippen molar-refractivity contribution in [3.05, 3.63) is 0 Å². The molecule has 0 amide bonds. The first-order valence-electron chi connectivity index (χ1n) is 5.73. The number of hydrogen-bond acceptors (Lipinski definition) is 2. The van der Waals surface area contributed by atoms with Gasteiger partial charge in [-0.25, -0.2) is 0 Å². The number of hydrogen-bond donors (Lipinski definition) is 1. The van der Waals surface area contributed by atoms with Gasteiger partial charge in [0.1, 0.15) is 0 Å². The molecule has 2 nitrogen and oxygen atoms in total. The molecule has 2 heteroatoms. The van der Waals surface area contributed by atoms with Crippen molar-refractivity contribution in [2.24, 2.45) is 17.6 Å². The highest BCUT2D eigenvalue weighted by molar-refractivity contribution is 4.86. The molecule has 0 aromatic carbocycles. The predicted molar refractivity (Wildman–Crippen MR) is 55.5 cm³/mol. The molecule has 1 saturated carbocycles. The predicted octanol–water partition coefficient (Wildman–Crippen LogP) is 1.46. The van der Waals surface area contributed by atoms with Crippen LogP contribution in [0, 0.1) is 11.8 Å². The minimum Gasteiger partial charge on any atom is -0.330 e. The largest absolute Gasteiger partial charge is 0.330 e. The number of likely N-dealkylation sites (tertiary alicyclic amines) is 1. The lowest BCUT2D eigenvalue weighted by Crippen LogP contribution is -2.52. The van der Waals surface area contributed by atoms with E-state index in [4.69, 9.17) is 5.73 Å². The molecular weight excluding hydrogens is 160 g/mol. The molecule has 2 fully saturated rings. The summed E-state index contributed by atoms with van der Waals surface area (Å²) >= 11 is 0. The molecule has 0 aromatic rings. The van der Waals surface area contributed by atoms with Gasteiger partial charge in [0.25, 0.3) is 0 Å². The summed E-state index contributed by atoms with van der Waals surface area (Å²) in [6.45, 7) is 5.95. The molecule has 13 heavy (non-hydrogen) atoms. The van der Waals surface area contributed by atoms with Crippen LogP contribution in [0.15, 0.2) is 0 Å². The van der Waals surface area contributed by atoms with Gasteiger partial charge in [-0.15, -0.1) is 0 Å². The van der Waals surface area contributed by atoms with Gasteiger partial charge < -0.3 is 5.73 Å². The van der Waals surface area contributed by atoms with Gasteiger partial charge in [-0.3, -0.25) is 4.90 Å². The van der Waals surface area contributed by atoms with Crippen LogP contribution in [0.3, 0.4) is 0 Å². The molecule has 2 N–H and O–H groups in total. The van der Waals surface area contributed by atoms with Crippen LogP contribution < -0.4 is 5.73 Å². The van der Waals surface area contributed by atoms with Crippen LogP contribution in [0.4, 0.5) is 0 Å². The molecular formula is C11H22N2. The monoisotopic (exact) mass is 182 g/mol. The van der Waals surface area contributed by atoms with Crippen molar-refractivity contribution in [2.45, 2.75) is 38.6 Å². The fourth-order valence-corrected chi connectivity index (χ4v) is 2.79. The van der Waals surface area contributed by atoms with Crippen molar-refractivity contribution >= 4 is 0 Å². The van der Waals surface area contributed by atoms with E-state index < -0.39 is 0 Å². The Balaban J connectivity index is 1.72. The van der Waals surface area contributed by atoms with E-state index in [1.807, 2.05) is 0 Å². The van der Waals surface area contributed by atoms with Crippen molar-refractivity contribution in [3.63, 3.8) is 0 Å². The third-order valence-electron chi connectivity index (χ3n) is 3.76. The van der Waals surface area contributed by atoms with Gasteiger partial charge in [0, 0.05) is 19.1 Å². The van der Waals surface area contributed by atoms with Crippen molar-refractivity contribution in [2.75, 3.05) is 19.6 Å². The smallest absolute Gasteiger partial charge is 0.00957 e. The van der Waals surface area contributed by atoms with Crippen LogP contribution in [0.25, 0.3) is 0 Å². The SMILES string of the molecule is CC1CN(C2CCC(CN)CC2)C1. The maximum Gasteiger partial charge on any atom is 0.00957 e. The molecule has 1 aliphatic carbocycles. The normalized spacial score (nSPS) is 37.4. The van der Waals surface area contributed by atoms with Crippen molar-refractivity contribution < 1.29 is 0 Å². The standard InChI is InChI=1S/C11H22N2/c1-9-7-13(8-9)11-4-2-10(6-12)3-5-11/h9-11H,2-8,12H2,1H3. The van der Waals surface area contributed by atoms with Gasteiger partial charge in [-0.2, -0.15) is 0 Å². The molecule has 1 heterocycles.